The third kappa shape index (κ3) is 2.61. The predicted octanol–water partition coefficient (Wildman–Crippen LogP) is 2.98. The fourth-order valence-corrected chi connectivity index (χ4v) is 3.05. The van der Waals surface area contributed by atoms with Crippen LogP contribution in [0.4, 0.5) is 4.39 Å². The van der Waals surface area contributed by atoms with Crippen molar-refractivity contribution < 1.29 is 9.18 Å². The van der Waals surface area contributed by atoms with Crippen LogP contribution in [0.3, 0.4) is 0 Å². The van der Waals surface area contributed by atoms with E-state index < -0.39 is 0 Å². The molecule has 1 fully saturated rings. The Balaban J connectivity index is 1.73. The number of aryl methyl sites for hydroxylation is 1. The molecule has 0 atom stereocenters. The van der Waals surface area contributed by atoms with Gasteiger partial charge in [0.05, 0.1) is 11.8 Å². The maximum atomic E-state index is 13.2. The van der Waals surface area contributed by atoms with Gasteiger partial charge in [-0.15, -0.1) is 0 Å². The van der Waals surface area contributed by atoms with Gasteiger partial charge in [0.1, 0.15) is 5.82 Å². The molecule has 3 rings (SSSR count). The normalized spacial score (nSPS) is 15.6. The SMILES string of the molecule is Cc1c(C(=O)NCC2(c3ccc(F)cc3Cl)CC2)cnn1C. The van der Waals surface area contributed by atoms with Crippen molar-refractivity contribution in [3.05, 3.63) is 52.1 Å². The van der Waals surface area contributed by atoms with Crippen LogP contribution >= 0.6 is 11.6 Å². The highest BCUT2D eigenvalue weighted by molar-refractivity contribution is 6.31. The highest BCUT2D eigenvalue weighted by atomic mass is 35.5. The molecular weight excluding hydrogens is 305 g/mol. The molecule has 0 saturated heterocycles. The predicted molar refractivity (Wildman–Crippen MR) is 82.6 cm³/mol. The Morgan fingerprint density at radius 2 is 2.23 bits per heavy atom. The zero-order valence-corrected chi connectivity index (χ0v) is 13.2. The van der Waals surface area contributed by atoms with E-state index in [9.17, 15) is 9.18 Å². The van der Waals surface area contributed by atoms with Crippen LogP contribution in [-0.4, -0.2) is 22.2 Å². The molecule has 0 bridgehead atoms. The Bertz CT molecular complexity index is 737. The molecule has 1 aliphatic rings. The van der Waals surface area contributed by atoms with Crippen LogP contribution in [0.5, 0.6) is 0 Å². The second kappa shape index (κ2) is 5.39. The molecule has 1 saturated carbocycles. The number of aromatic nitrogens is 2. The molecule has 0 unspecified atom stereocenters. The summed E-state index contributed by atoms with van der Waals surface area (Å²) in [6, 6.07) is 4.45. The monoisotopic (exact) mass is 321 g/mol. The molecule has 2 aromatic rings. The Labute approximate surface area is 133 Å². The molecule has 1 heterocycles. The first kappa shape index (κ1) is 15.0. The van der Waals surface area contributed by atoms with Gasteiger partial charge in [-0.3, -0.25) is 9.48 Å². The molecule has 0 spiro atoms. The topological polar surface area (TPSA) is 46.9 Å². The van der Waals surface area contributed by atoms with Crippen molar-refractivity contribution in [2.45, 2.75) is 25.2 Å². The van der Waals surface area contributed by atoms with Crippen LogP contribution in [0.25, 0.3) is 0 Å². The van der Waals surface area contributed by atoms with Crippen LogP contribution in [-0.2, 0) is 12.5 Å². The van der Waals surface area contributed by atoms with E-state index >= 15 is 0 Å². The molecule has 4 nitrogen and oxygen atoms in total. The van der Waals surface area contributed by atoms with Gasteiger partial charge < -0.3 is 5.32 Å². The minimum atomic E-state index is -0.348. The fraction of sp³-hybridized carbons (Fsp3) is 0.375. The van der Waals surface area contributed by atoms with E-state index in [1.807, 2.05) is 6.92 Å². The fourth-order valence-electron chi connectivity index (χ4n) is 2.68. The number of halogens is 2. The molecular formula is C16H17ClFN3O. The van der Waals surface area contributed by atoms with Gasteiger partial charge in [0, 0.05) is 29.7 Å². The highest BCUT2D eigenvalue weighted by Crippen LogP contribution is 2.50. The number of nitrogens with one attached hydrogen (secondary N) is 1. The Kier molecular flexibility index (Phi) is 3.68. The zero-order valence-electron chi connectivity index (χ0n) is 12.5. The summed E-state index contributed by atoms with van der Waals surface area (Å²) in [7, 11) is 1.80. The molecule has 22 heavy (non-hydrogen) atoms. The summed E-state index contributed by atoms with van der Waals surface area (Å²) in [6.45, 7) is 2.34. The lowest BCUT2D eigenvalue weighted by atomic mass is 9.95. The number of benzene rings is 1. The van der Waals surface area contributed by atoms with Gasteiger partial charge in [-0.2, -0.15) is 5.10 Å². The molecule has 1 aromatic carbocycles. The first-order chi connectivity index (χ1) is 10.4. The van der Waals surface area contributed by atoms with Gasteiger partial charge in [-0.1, -0.05) is 17.7 Å². The number of hydrogen-bond acceptors (Lipinski definition) is 2. The van der Waals surface area contributed by atoms with Crippen LogP contribution in [0.2, 0.25) is 5.02 Å². The van der Waals surface area contributed by atoms with Crippen molar-refractivity contribution in [1.29, 1.82) is 0 Å². The van der Waals surface area contributed by atoms with Crippen LogP contribution in [0, 0.1) is 12.7 Å². The zero-order chi connectivity index (χ0) is 15.9. The lowest BCUT2D eigenvalue weighted by Crippen LogP contribution is -2.32. The number of rotatable bonds is 4. The van der Waals surface area contributed by atoms with E-state index in [-0.39, 0.29) is 17.1 Å². The first-order valence-electron chi connectivity index (χ1n) is 7.15. The van der Waals surface area contributed by atoms with Crippen molar-refractivity contribution in [2.24, 2.45) is 7.05 Å². The van der Waals surface area contributed by atoms with E-state index in [1.165, 1.54) is 12.1 Å². The van der Waals surface area contributed by atoms with Crippen molar-refractivity contribution in [3.8, 4) is 0 Å². The summed E-state index contributed by atoms with van der Waals surface area (Å²) in [6.07, 6.45) is 3.43. The van der Waals surface area contributed by atoms with Gasteiger partial charge in [0.15, 0.2) is 0 Å². The smallest absolute Gasteiger partial charge is 0.254 e. The number of carbonyl (C=O) groups excluding carboxylic acids is 1. The lowest BCUT2D eigenvalue weighted by Gasteiger charge is -2.18. The van der Waals surface area contributed by atoms with Crippen LogP contribution < -0.4 is 5.32 Å². The van der Waals surface area contributed by atoms with Crippen LogP contribution in [0.1, 0.15) is 34.5 Å². The van der Waals surface area contributed by atoms with Crippen molar-refractivity contribution in [1.82, 2.24) is 15.1 Å². The minimum Gasteiger partial charge on any atom is -0.351 e. The number of hydrogen-bond donors (Lipinski definition) is 1. The summed E-state index contributed by atoms with van der Waals surface area (Å²) >= 11 is 6.15. The molecule has 0 aliphatic heterocycles. The third-order valence-corrected chi connectivity index (χ3v) is 4.74. The van der Waals surface area contributed by atoms with E-state index in [0.717, 1.165) is 24.1 Å². The minimum absolute atomic E-state index is 0.143. The van der Waals surface area contributed by atoms with E-state index in [0.29, 0.717) is 17.1 Å². The maximum Gasteiger partial charge on any atom is 0.254 e. The van der Waals surface area contributed by atoms with Crippen LogP contribution in [0.15, 0.2) is 24.4 Å². The lowest BCUT2D eigenvalue weighted by molar-refractivity contribution is 0.0949. The van der Waals surface area contributed by atoms with E-state index in [4.69, 9.17) is 11.6 Å². The number of nitrogens with zero attached hydrogens (tertiary/aromatic N) is 2. The van der Waals surface area contributed by atoms with E-state index in [2.05, 4.69) is 10.4 Å². The molecule has 1 amide bonds. The molecule has 1 aromatic heterocycles. The molecule has 6 heteroatoms. The van der Waals surface area contributed by atoms with Gasteiger partial charge >= 0.3 is 0 Å². The second-order valence-electron chi connectivity index (χ2n) is 5.85. The molecule has 116 valence electrons. The standard InChI is InChI=1S/C16H17ClFN3O/c1-10-12(8-20-21(10)2)15(22)19-9-16(5-6-16)13-4-3-11(18)7-14(13)17/h3-4,7-8H,5-6,9H2,1-2H3,(H,19,22). The Morgan fingerprint density at radius 3 is 2.77 bits per heavy atom. The number of carbonyl (C=O) groups is 1. The van der Waals surface area contributed by atoms with E-state index in [1.54, 1.807) is 24.0 Å². The summed E-state index contributed by atoms with van der Waals surface area (Å²) in [5.41, 5.74) is 2.13. The summed E-state index contributed by atoms with van der Waals surface area (Å²) in [5.74, 6) is -0.491. The summed E-state index contributed by atoms with van der Waals surface area (Å²) in [5, 5.41) is 7.44. The Morgan fingerprint density at radius 1 is 1.50 bits per heavy atom. The average Bonchev–Trinajstić information content (AvgIpc) is 3.18. The maximum absolute atomic E-state index is 13.2. The van der Waals surface area contributed by atoms with Gasteiger partial charge in [-0.05, 0) is 37.5 Å². The van der Waals surface area contributed by atoms with Crippen molar-refractivity contribution in [3.63, 3.8) is 0 Å². The summed E-state index contributed by atoms with van der Waals surface area (Å²) < 4.78 is 14.8. The second-order valence-corrected chi connectivity index (χ2v) is 6.26. The van der Waals surface area contributed by atoms with Gasteiger partial charge in [0.2, 0.25) is 0 Å². The Hall–Kier alpha value is -1.88. The average molecular weight is 322 g/mol. The largest absolute Gasteiger partial charge is 0.351 e. The number of amides is 1. The molecule has 0 radical (unpaired) electrons. The first-order valence-corrected chi connectivity index (χ1v) is 7.53. The van der Waals surface area contributed by atoms with Gasteiger partial charge in [-0.25, -0.2) is 4.39 Å². The van der Waals surface area contributed by atoms with Crippen molar-refractivity contribution >= 4 is 17.5 Å². The highest BCUT2D eigenvalue weighted by Gasteiger charge is 2.45. The third-order valence-electron chi connectivity index (χ3n) is 4.42. The molecule has 1 N–H and O–H groups in total. The van der Waals surface area contributed by atoms with Gasteiger partial charge in [0.25, 0.3) is 5.91 Å². The molecule has 1 aliphatic carbocycles. The quantitative estimate of drug-likeness (QED) is 0.941. The van der Waals surface area contributed by atoms with Crippen molar-refractivity contribution in [2.75, 3.05) is 6.54 Å². The summed E-state index contributed by atoms with van der Waals surface area (Å²) in [4.78, 5) is 12.3.